The van der Waals surface area contributed by atoms with E-state index in [1.165, 1.54) is 0 Å². The lowest BCUT2D eigenvalue weighted by molar-refractivity contribution is 0.485. The normalized spacial score (nSPS) is 12.3. The van der Waals surface area contributed by atoms with Crippen LogP contribution in [-0.2, 0) is 8.78 Å². The highest BCUT2D eigenvalue weighted by atomic mass is 31.2. The molecule has 0 aliphatic heterocycles. The van der Waals surface area contributed by atoms with Gasteiger partial charge in [-0.1, -0.05) is 76.4 Å². The van der Waals surface area contributed by atoms with Gasteiger partial charge in [0.15, 0.2) is 0 Å². The van der Waals surface area contributed by atoms with Gasteiger partial charge in [0.2, 0.25) is 8.32 Å². The molecular formula is C21H31O2PSi. The second-order valence-corrected chi connectivity index (χ2v) is 13.5. The van der Waals surface area contributed by atoms with Crippen molar-refractivity contribution in [3.05, 3.63) is 60.7 Å². The van der Waals surface area contributed by atoms with Gasteiger partial charge in [0.1, 0.15) is 0 Å². The first-order valence-corrected chi connectivity index (χ1v) is 13.7. The lowest BCUT2D eigenvalue weighted by atomic mass is 10.4. The first-order valence-electron chi connectivity index (χ1n) is 9.52. The average molecular weight is 375 g/mol. The van der Waals surface area contributed by atoms with E-state index in [0.717, 1.165) is 48.0 Å². The second-order valence-electron chi connectivity index (χ2n) is 6.75. The van der Waals surface area contributed by atoms with Gasteiger partial charge in [0, 0.05) is 10.6 Å². The molecule has 0 N–H and O–H groups in total. The van der Waals surface area contributed by atoms with Crippen LogP contribution in [-0.4, -0.2) is 8.32 Å². The van der Waals surface area contributed by atoms with Gasteiger partial charge in [-0.25, -0.2) is 0 Å². The van der Waals surface area contributed by atoms with Crippen molar-refractivity contribution in [3.63, 3.8) is 0 Å². The summed E-state index contributed by atoms with van der Waals surface area (Å²) < 4.78 is 21.1. The van der Waals surface area contributed by atoms with Gasteiger partial charge >= 0.3 is 0 Å². The summed E-state index contributed by atoms with van der Waals surface area (Å²) in [6.07, 6.45) is 3.28. The quantitative estimate of drug-likeness (QED) is 0.370. The van der Waals surface area contributed by atoms with Crippen LogP contribution >= 0.6 is 7.37 Å². The van der Waals surface area contributed by atoms with E-state index in [-0.39, 0.29) is 0 Å². The fraction of sp³-hybridized carbons (Fsp3) is 0.429. The highest BCUT2D eigenvalue weighted by molar-refractivity contribution is 7.75. The van der Waals surface area contributed by atoms with Crippen LogP contribution < -0.4 is 10.6 Å². The number of hydrogen-bond donors (Lipinski definition) is 0. The topological polar surface area (TPSA) is 26.3 Å². The molecule has 0 atom stereocenters. The van der Waals surface area contributed by atoms with Crippen molar-refractivity contribution >= 4 is 26.3 Å². The SMILES string of the molecule is CCC[Si](CCC)(CCC)OP(=O)(c1ccccc1)c1ccccc1. The van der Waals surface area contributed by atoms with Crippen LogP contribution in [0.1, 0.15) is 40.0 Å². The van der Waals surface area contributed by atoms with E-state index in [4.69, 9.17) is 4.21 Å². The van der Waals surface area contributed by atoms with Crippen molar-refractivity contribution in [2.24, 2.45) is 0 Å². The highest BCUT2D eigenvalue weighted by Gasteiger charge is 2.41. The van der Waals surface area contributed by atoms with Crippen molar-refractivity contribution in [3.8, 4) is 0 Å². The summed E-state index contributed by atoms with van der Waals surface area (Å²) in [4.78, 5) is 0. The molecular weight excluding hydrogens is 343 g/mol. The van der Waals surface area contributed by atoms with E-state index >= 15 is 0 Å². The Bertz CT molecular complexity index is 612. The van der Waals surface area contributed by atoms with Crippen LogP contribution in [0.15, 0.2) is 60.7 Å². The Kier molecular flexibility index (Phi) is 7.68. The van der Waals surface area contributed by atoms with Crippen molar-refractivity contribution < 1.29 is 8.78 Å². The molecule has 136 valence electrons. The summed E-state index contributed by atoms with van der Waals surface area (Å²) in [5.41, 5.74) is 0. The lowest BCUT2D eigenvalue weighted by Gasteiger charge is -2.35. The Morgan fingerprint density at radius 1 is 0.720 bits per heavy atom. The van der Waals surface area contributed by atoms with Crippen LogP contribution in [0.4, 0.5) is 0 Å². The summed E-state index contributed by atoms with van der Waals surface area (Å²) in [5.74, 6) is 0. The standard InChI is InChI=1S/C21H31O2PSi/c1-4-17-25(18-5-2,19-6-3)23-24(22,20-13-9-7-10-14-20)21-15-11-8-12-16-21/h7-16H,4-6,17-19H2,1-3H3. The van der Waals surface area contributed by atoms with E-state index in [9.17, 15) is 4.57 Å². The van der Waals surface area contributed by atoms with Gasteiger partial charge in [-0.2, -0.15) is 0 Å². The fourth-order valence-electron chi connectivity index (χ4n) is 3.65. The number of rotatable bonds is 10. The summed E-state index contributed by atoms with van der Waals surface area (Å²) in [6, 6.07) is 22.8. The Hall–Kier alpha value is -1.15. The maximum atomic E-state index is 14.3. The first-order chi connectivity index (χ1) is 12.1. The van der Waals surface area contributed by atoms with E-state index in [1.54, 1.807) is 0 Å². The first kappa shape index (κ1) is 20.2. The molecule has 0 aromatic heterocycles. The maximum absolute atomic E-state index is 14.3. The van der Waals surface area contributed by atoms with Gasteiger partial charge < -0.3 is 4.21 Å². The molecule has 0 saturated heterocycles. The third-order valence-corrected chi connectivity index (χ3v) is 13.4. The van der Waals surface area contributed by atoms with Crippen LogP contribution in [0.5, 0.6) is 0 Å². The molecule has 2 nitrogen and oxygen atoms in total. The van der Waals surface area contributed by atoms with Crippen LogP contribution in [0, 0.1) is 0 Å². The van der Waals surface area contributed by atoms with Gasteiger partial charge in [0.25, 0.3) is 7.37 Å². The smallest absolute Gasteiger partial charge is 0.251 e. The lowest BCUT2D eigenvalue weighted by Crippen LogP contribution is -2.39. The number of benzene rings is 2. The molecule has 4 heteroatoms. The Morgan fingerprint density at radius 2 is 1.08 bits per heavy atom. The van der Waals surface area contributed by atoms with E-state index in [1.807, 2.05) is 60.7 Å². The van der Waals surface area contributed by atoms with Crippen molar-refractivity contribution in [1.82, 2.24) is 0 Å². The molecule has 0 spiro atoms. The molecule has 0 radical (unpaired) electrons. The molecule has 0 heterocycles. The third kappa shape index (κ3) is 4.94. The summed E-state index contributed by atoms with van der Waals surface area (Å²) in [7, 11) is -5.13. The van der Waals surface area contributed by atoms with Crippen molar-refractivity contribution in [2.45, 2.75) is 58.2 Å². The summed E-state index contributed by atoms with van der Waals surface area (Å²) in [6.45, 7) is 6.64. The zero-order chi connectivity index (χ0) is 18.2. The zero-order valence-corrected chi connectivity index (χ0v) is 17.7. The molecule has 2 aromatic carbocycles. The molecule has 2 aromatic rings. The minimum Gasteiger partial charge on any atom is -0.363 e. The Labute approximate surface area is 154 Å². The number of hydrogen-bond acceptors (Lipinski definition) is 2. The van der Waals surface area contributed by atoms with Crippen molar-refractivity contribution in [2.75, 3.05) is 0 Å². The fourth-order valence-corrected chi connectivity index (χ4v) is 12.7. The van der Waals surface area contributed by atoms with E-state index < -0.39 is 15.7 Å². The van der Waals surface area contributed by atoms with Crippen molar-refractivity contribution in [1.29, 1.82) is 0 Å². The summed E-state index contributed by atoms with van der Waals surface area (Å²) >= 11 is 0. The third-order valence-electron chi connectivity index (χ3n) is 4.63. The molecule has 2 rings (SSSR count). The maximum Gasteiger partial charge on any atom is 0.251 e. The molecule has 0 saturated carbocycles. The predicted octanol–water partition coefficient (Wildman–Crippen LogP) is 6.11. The predicted molar refractivity (Wildman–Crippen MR) is 112 cm³/mol. The van der Waals surface area contributed by atoms with Gasteiger partial charge in [-0.3, -0.25) is 4.57 Å². The second kappa shape index (κ2) is 9.52. The summed E-state index contributed by atoms with van der Waals surface area (Å²) in [5, 5.41) is 1.64. The molecule has 0 unspecified atom stereocenters. The minimum atomic E-state index is -3.07. The molecule has 0 aliphatic carbocycles. The zero-order valence-electron chi connectivity index (χ0n) is 15.8. The van der Waals surface area contributed by atoms with E-state index in [0.29, 0.717) is 0 Å². The van der Waals surface area contributed by atoms with Crippen LogP contribution in [0.3, 0.4) is 0 Å². The van der Waals surface area contributed by atoms with Crippen LogP contribution in [0.2, 0.25) is 18.1 Å². The van der Waals surface area contributed by atoms with Gasteiger partial charge in [-0.05, 0) is 42.4 Å². The monoisotopic (exact) mass is 374 g/mol. The molecule has 0 bridgehead atoms. The Balaban J connectivity index is 2.53. The molecule has 0 fully saturated rings. The molecule has 25 heavy (non-hydrogen) atoms. The minimum absolute atomic E-state index is 0.821. The molecule has 0 amide bonds. The van der Waals surface area contributed by atoms with Gasteiger partial charge in [0.05, 0.1) is 0 Å². The Morgan fingerprint density at radius 3 is 1.40 bits per heavy atom. The van der Waals surface area contributed by atoms with Gasteiger partial charge in [-0.15, -0.1) is 0 Å². The largest absolute Gasteiger partial charge is 0.363 e. The van der Waals surface area contributed by atoms with Crippen LogP contribution in [0.25, 0.3) is 0 Å². The average Bonchev–Trinajstić information content (AvgIpc) is 2.64. The van der Waals surface area contributed by atoms with E-state index in [2.05, 4.69) is 20.8 Å². The molecule has 0 aliphatic rings. The highest BCUT2D eigenvalue weighted by Crippen LogP contribution is 2.50.